The summed E-state index contributed by atoms with van der Waals surface area (Å²) in [5, 5.41) is 5.55. The Balaban J connectivity index is 1.63. The molecule has 2 aromatic carbocycles. The van der Waals surface area contributed by atoms with E-state index in [1.807, 2.05) is 6.07 Å². The Labute approximate surface area is 161 Å². The van der Waals surface area contributed by atoms with Crippen molar-refractivity contribution in [2.45, 2.75) is 6.54 Å². The van der Waals surface area contributed by atoms with Gasteiger partial charge in [0.2, 0.25) is 5.91 Å². The summed E-state index contributed by atoms with van der Waals surface area (Å²) in [5.41, 5.74) is 2.11. The molecule has 5 nitrogen and oxygen atoms in total. The molecule has 0 radical (unpaired) electrons. The summed E-state index contributed by atoms with van der Waals surface area (Å²) < 4.78 is 13.6. The van der Waals surface area contributed by atoms with Crippen LogP contribution in [0.3, 0.4) is 0 Å². The third kappa shape index (κ3) is 5.11. The molecule has 0 saturated heterocycles. The van der Waals surface area contributed by atoms with Crippen LogP contribution in [0.2, 0.25) is 0 Å². The van der Waals surface area contributed by atoms with Crippen LogP contribution in [0.5, 0.6) is 0 Å². The highest BCUT2D eigenvalue weighted by molar-refractivity contribution is 6.04. The van der Waals surface area contributed by atoms with Gasteiger partial charge in [-0.15, -0.1) is 0 Å². The van der Waals surface area contributed by atoms with Gasteiger partial charge in [-0.05, 0) is 35.9 Å². The Bertz CT molecular complexity index is 1000. The molecule has 0 aliphatic heterocycles. The van der Waals surface area contributed by atoms with Crippen molar-refractivity contribution in [2.24, 2.45) is 0 Å². The number of nitrogens with zero attached hydrogens (tertiary/aromatic N) is 1. The third-order valence-electron chi connectivity index (χ3n) is 3.96. The zero-order valence-electron chi connectivity index (χ0n) is 14.9. The van der Waals surface area contributed by atoms with Gasteiger partial charge in [0.15, 0.2) is 0 Å². The topological polar surface area (TPSA) is 71.1 Å². The van der Waals surface area contributed by atoms with Crippen molar-refractivity contribution in [1.29, 1.82) is 0 Å². The molecule has 140 valence electrons. The molecule has 2 amide bonds. The van der Waals surface area contributed by atoms with Gasteiger partial charge < -0.3 is 10.6 Å². The molecule has 1 aromatic heterocycles. The van der Waals surface area contributed by atoms with E-state index < -0.39 is 5.82 Å². The largest absolute Gasteiger partial charge is 0.348 e. The molecule has 3 aromatic rings. The third-order valence-corrected chi connectivity index (χ3v) is 3.96. The average molecular weight is 375 g/mol. The first kappa shape index (κ1) is 19.0. The molecule has 0 spiro atoms. The van der Waals surface area contributed by atoms with Crippen molar-refractivity contribution in [3.8, 4) is 0 Å². The summed E-state index contributed by atoms with van der Waals surface area (Å²) in [6.45, 7) is 0.212. The molecule has 0 unspecified atom stereocenters. The first-order valence-corrected chi connectivity index (χ1v) is 8.63. The molecule has 0 aliphatic carbocycles. The van der Waals surface area contributed by atoms with Crippen molar-refractivity contribution in [3.05, 3.63) is 102 Å². The number of anilines is 1. The zero-order chi connectivity index (χ0) is 19.8. The maximum atomic E-state index is 13.6. The fourth-order valence-corrected chi connectivity index (χ4v) is 2.50. The minimum Gasteiger partial charge on any atom is -0.348 e. The molecule has 0 fully saturated rings. The number of nitrogens with one attached hydrogen (secondary N) is 2. The van der Waals surface area contributed by atoms with Crippen molar-refractivity contribution in [2.75, 3.05) is 5.32 Å². The molecule has 6 heteroatoms. The number of carbonyl (C=O) groups excluding carboxylic acids is 2. The highest BCUT2D eigenvalue weighted by Gasteiger charge is 2.09. The summed E-state index contributed by atoms with van der Waals surface area (Å²) in [6.07, 6.45) is 5.76. The fourth-order valence-electron chi connectivity index (χ4n) is 2.50. The quantitative estimate of drug-likeness (QED) is 0.644. The van der Waals surface area contributed by atoms with Crippen LogP contribution in [-0.4, -0.2) is 16.8 Å². The second kappa shape index (κ2) is 9.23. The molecule has 0 bridgehead atoms. The Hall–Kier alpha value is -3.80. The smallest absolute Gasteiger partial charge is 0.257 e. The van der Waals surface area contributed by atoms with E-state index in [0.29, 0.717) is 16.8 Å². The van der Waals surface area contributed by atoms with Gasteiger partial charge in [0, 0.05) is 36.3 Å². The lowest BCUT2D eigenvalue weighted by molar-refractivity contribution is -0.116. The van der Waals surface area contributed by atoms with Gasteiger partial charge >= 0.3 is 0 Å². The fraction of sp³-hybridized carbons (Fsp3) is 0.0455. The van der Waals surface area contributed by atoms with Crippen molar-refractivity contribution in [3.63, 3.8) is 0 Å². The Morgan fingerprint density at radius 2 is 1.79 bits per heavy atom. The highest BCUT2D eigenvalue weighted by atomic mass is 19.1. The van der Waals surface area contributed by atoms with E-state index in [4.69, 9.17) is 0 Å². The van der Waals surface area contributed by atoms with Crippen LogP contribution in [-0.2, 0) is 11.3 Å². The number of rotatable bonds is 6. The Morgan fingerprint density at radius 3 is 2.57 bits per heavy atom. The maximum Gasteiger partial charge on any atom is 0.257 e. The number of para-hydroxylation sites is 1. The van der Waals surface area contributed by atoms with Gasteiger partial charge in [0.1, 0.15) is 5.82 Å². The van der Waals surface area contributed by atoms with Gasteiger partial charge in [0.25, 0.3) is 5.91 Å². The second-order valence-electron chi connectivity index (χ2n) is 5.93. The van der Waals surface area contributed by atoms with Gasteiger partial charge in [-0.25, -0.2) is 4.39 Å². The van der Waals surface area contributed by atoms with Gasteiger partial charge in [-0.2, -0.15) is 0 Å². The standard InChI is InChI=1S/C22H18FN3O2/c23-19-9-3-1-6-16(19)11-12-21(27)25-15-17-7-2-4-10-20(17)26-22(28)18-8-5-13-24-14-18/h1-14H,15H2,(H,25,27)(H,26,28)/b12-11+. The first-order chi connectivity index (χ1) is 13.6. The number of carbonyl (C=O) groups is 2. The number of benzene rings is 2. The first-order valence-electron chi connectivity index (χ1n) is 8.63. The molecular weight excluding hydrogens is 357 g/mol. The lowest BCUT2D eigenvalue weighted by Gasteiger charge is -2.11. The Morgan fingerprint density at radius 1 is 1.00 bits per heavy atom. The number of hydrogen-bond acceptors (Lipinski definition) is 3. The van der Waals surface area contributed by atoms with E-state index in [0.717, 1.165) is 5.56 Å². The number of pyridine rings is 1. The van der Waals surface area contributed by atoms with E-state index in [1.54, 1.807) is 54.7 Å². The number of hydrogen-bond donors (Lipinski definition) is 2. The van der Waals surface area contributed by atoms with Crippen LogP contribution in [0, 0.1) is 5.82 Å². The van der Waals surface area contributed by atoms with Crippen LogP contribution < -0.4 is 10.6 Å². The summed E-state index contributed by atoms with van der Waals surface area (Å²) in [5.74, 6) is -1.04. The van der Waals surface area contributed by atoms with E-state index >= 15 is 0 Å². The van der Waals surface area contributed by atoms with E-state index in [2.05, 4.69) is 15.6 Å². The molecule has 0 atom stereocenters. The molecule has 28 heavy (non-hydrogen) atoms. The molecule has 0 saturated carbocycles. The maximum absolute atomic E-state index is 13.6. The molecule has 1 heterocycles. The predicted octanol–water partition coefficient (Wildman–Crippen LogP) is 3.80. The molecule has 0 aliphatic rings. The van der Waals surface area contributed by atoms with Gasteiger partial charge in [-0.3, -0.25) is 14.6 Å². The zero-order valence-corrected chi connectivity index (χ0v) is 14.9. The summed E-state index contributed by atoms with van der Waals surface area (Å²) in [7, 11) is 0. The number of aromatic nitrogens is 1. The van der Waals surface area contributed by atoms with Crippen LogP contribution in [0.15, 0.2) is 79.1 Å². The van der Waals surface area contributed by atoms with Crippen LogP contribution in [0.1, 0.15) is 21.5 Å². The predicted molar refractivity (Wildman–Crippen MR) is 106 cm³/mol. The Kier molecular flexibility index (Phi) is 6.25. The summed E-state index contributed by atoms with van der Waals surface area (Å²) in [6, 6.07) is 16.7. The summed E-state index contributed by atoms with van der Waals surface area (Å²) >= 11 is 0. The minimum absolute atomic E-state index is 0.212. The minimum atomic E-state index is -0.394. The second-order valence-corrected chi connectivity index (χ2v) is 5.93. The monoisotopic (exact) mass is 375 g/mol. The van der Waals surface area contributed by atoms with E-state index in [-0.39, 0.29) is 18.4 Å². The van der Waals surface area contributed by atoms with Crippen LogP contribution in [0.25, 0.3) is 6.08 Å². The van der Waals surface area contributed by atoms with Gasteiger partial charge in [0.05, 0.1) is 5.56 Å². The van der Waals surface area contributed by atoms with Crippen molar-refractivity contribution < 1.29 is 14.0 Å². The number of halogens is 1. The van der Waals surface area contributed by atoms with E-state index in [9.17, 15) is 14.0 Å². The highest BCUT2D eigenvalue weighted by Crippen LogP contribution is 2.16. The average Bonchev–Trinajstić information content (AvgIpc) is 2.73. The van der Waals surface area contributed by atoms with Crippen molar-refractivity contribution >= 4 is 23.6 Å². The summed E-state index contributed by atoms with van der Waals surface area (Å²) in [4.78, 5) is 28.3. The lowest BCUT2D eigenvalue weighted by Crippen LogP contribution is -2.22. The van der Waals surface area contributed by atoms with Crippen molar-refractivity contribution in [1.82, 2.24) is 10.3 Å². The number of amides is 2. The molecule has 2 N–H and O–H groups in total. The lowest BCUT2D eigenvalue weighted by atomic mass is 10.1. The van der Waals surface area contributed by atoms with Crippen LogP contribution >= 0.6 is 0 Å². The molecular formula is C22H18FN3O2. The van der Waals surface area contributed by atoms with Crippen LogP contribution in [0.4, 0.5) is 10.1 Å². The molecule has 3 rings (SSSR count). The van der Waals surface area contributed by atoms with E-state index in [1.165, 1.54) is 24.4 Å². The SMILES string of the molecule is O=C(/C=C/c1ccccc1F)NCc1ccccc1NC(=O)c1cccnc1. The normalized spacial score (nSPS) is 10.6. The van der Waals surface area contributed by atoms with Gasteiger partial charge in [-0.1, -0.05) is 36.4 Å².